The number of hydrogen-bond donors (Lipinski definition) is 0. The van der Waals surface area contributed by atoms with Crippen molar-refractivity contribution in [3.63, 3.8) is 0 Å². The van der Waals surface area contributed by atoms with Gasteiger partial charge in [-0.2, -0.15) is 0 Å². The summed E-state index contributed by atoms with van der Waals surface area (Å²) < 4.78 is 5.71. The molecule has 0 spiro atoms. The summed E-state index contributed by atoms with van der Waals surface area (Å²) in [5.74, 6) is 0.601. The SMILES string of the molecule is Cc1ccc(Cl)cc1OC(C)C(=O)c1ccccc1. The Bertz CT molecular complexity index is 579. The number of carbonyl (C=O) groups excluding carboxylic acids is 1. The summed E-state index contributed by atoms with van der Waals surface area (Å²) in [5.41, 5.74) is 1.60. The van der Waals surface area contributed by atoms with Crippen LogP contribution in [0.3, 0.4) is 0 Å². The van der Waals surface area contributed by atoms with Gasteiger partial charge in [0, 0.05) is 10.6 Å². The van der Waals surface area contributed by atoms with E-state index in [1.807, 2.05) is 31.2 Å². The third-order valence-corrected chi connectivity index (χ3v) is 3.12. The first kappa shape index (κ1) is 13.6. The van der Waals surface area contributed by atoms with Crippen LogP contribution < -0.4 is 4.74 Å². The number of ether oxygens (including phenoxy) is 1. The van der Waals surface area contributed by atoms with Gasteiger partial charge in [0.15, 0.2) is 6.10 Å². The molecule has 98 valence electrons. The van der Waals surface area contributed by atoms with E-state index >= 15 is 0 Å². The van der Waals surface area contributed by atoms with Crippen molar-refractivity contribution in [1.82, 2.24) is 0 Å². The molecule has 1 atom stereocenters. The lowest BCUT2D eigenvalue weighted by Crippen LogP contribution is -2.24. The van der Waals surface area contributed by atoms with Gasteiger partial charge in [0.05, 0.1) is 0 Å². The first-order valence-corrected chi connectivity index (χ1v) is 6.48. The zero-order chi connectivity index (χ0) is 13.8. The first-order chi connectivity index (χ1) is 9.08. The van der Waals surface area contributed by atoms with Gasteiger partial charge in [0.1, 0.15) is 5.75 Å². The van der Waals surface area contributed by atoms with E-state index in [0.717, 1.165) is 5.56 Å². The number of halogens is 1. The highest BCUT2D eigenvalue weighted by Crippen LogP contribution is 2.24. The smallest absolute Gasteiger partial charge is 0.202 e. The second kappa shape index (κ2) is 5.89. The van der Waals surface area contributed by atoms with Gasteiger partial charge in [-0.3, -0.25) is 4.79 Å². The minimum absolute atomic E-state index is 0.0417. The summed E-state index contributed by atoms with van der Waals surface area (Å²) in [6.45, 7) is 3.67. The van der Waals surface area contributed by atoms with Gasteiger partial charge in [-0.05, 0) is 31.5 Å². The van der Waals surface area contributed by atoms with Crippen molar-refractivity contribution in [3.05, 3.63) is 64.7 Å². The predicted molar refractivity (Wildman–Crippen MR) is 77.1 cm³/mol. The Kier molecular flexibility index (Phi) is 4.23. The fourth-order valence-electron chi connectivity index (χ4n) is 1.78. The van der Waals surface area contributed by atoms with Crippen LogP contribution in [-0.4, -0.2) is 11.9 Å². The van der Waals surface area contributed by atoms with Crippen molar-refractivity contribution in [2.45, 2.75) is 20.0 Å². The van der Waals surface area contributed by atoms with Gasteiger partial charge in [-0.1, -0.05) is 48.0 Å². The third-order valence-electron chi connectivity index (χ3n) is 2.88. The molecule has 0 aliphatic carbocycles. The molecular weight excluding hydrogens is 260 g/mol. The molecule has 2 aromatic carbocycles. The van der Waals surface area contributed by atoms with E-state index < -0.39 is 6.10 Å². The normalized spacial score (nSPS) is 11.9. The quantitative estimate of drug-likeness (QED) is 0.777. The number of Topliss-reactive ketones (excluding diaryl/α,β-unsaturated/α-hetero) is 1. The van der Waals surface area contributed by atoms with Gasteiger partial charge in [0.2, 0.25) is 5.78 Å². The Morgan fingerprint density at radius 3 is 2.53 bits per heavy atom. The van der Waals surface area contributed by atoms with Crippen molar-refractivity contribution in [1.29, 1.82) is 0 Å². The second-order valence-corrected chi connectivity index (χ2v) is 4.84. The van der Waals surface area contributed by atoms with E-state index in [-0.39, 0.29) is 5.78 Å². The molecule has 0 saturated carbocycles. The number of hydrogen-bond acceptors (Lipinski definition) is 2. The number of carbonyl (C=O) groups is 1. The third kappa shape index (κ3) is 3.36. The maximum atomic E-state index is 12.2. The van der Waals surface area contributed by atoms with Crippen molar-refractivity contribution in [3.8, 4) is 5.75 Å². The number of rotatable bonds is 4. The average molecular weight is 275 g/mol. The lowest BCUT2D eigenvalue weighted by molar-refractivity contribution is 0.0817. The lowest BCUT2D eigenvalue weighted by atomic mass is 10.1. The fraction of sp³-hybridized carbons (Fsp3) is 0.188. The van der Waals surface area contributed by atoms with Gasteiger partial charge in [0.25, 0.3) is 0 Å². The average Bonchev–Trinajstić information content (AvgIpc) is 2.43. The minimum atomic E-state index is -0.542. The second-order valence-electron chi connectivity index (χ2n) is 4.40. The summed E-state index contributed by atoms with van der Waals surface area (Å²) in [5, 5.41) is 0.597. The molecule has 0 amide bonds. The van der Waals surface area contributed by atoms with Crippen LogP contribution in [0.4, 0.5) is 0 Å². The first-order valence-electron chi connectivity index (χ1n) is 6.10. The summed E-state index contributed by atoms with van der Waals surface area (Å²) in [6, 6.07) is 14.5. The lowest BCUT2D eigenvalue weighted by Gasteiger charge is -2.15. The Hall–Kier alpha value is -1.80. The van der Waals surface area contributed by atoms with Gasteiger partial charge in [-0.15, -0.1) is 0 Å². The van der Waals surface area contributed by atoms with E-state index in [1.54, 1.807) is 31.2 Å². The molecule has 2 aromatic rings. The Balaban J connectivity index is 2.15. The van der Waals surface area contributed by atoms with E-state index in [4.69, 9.17) is 16.3 Å². The van der Waals surface area contributed by atoms with Crippen LogP contribution in [0.25, 0.3) is 0 Å². The van der Waals surface area contributed by atoms with Gasteiger partial charge >= 0.3 is 0 Å². The molecular formula is C16H15ClO2. The Morgan fingerprint density at radius 1 is 1.16 bits per heavy atom. The molecule has 0 aromatic heterocycles. The number of benzene rings is 2. The molecule has 0 aliphatic heterocycles. The zero-order valence-corrected chi connectivity index (χ0v) is 11.6. The maximum Gasteiger partial charge on any atom is 0.202 e. The van der Waals surface area contributed by atoms with Crippen molar-refractivity contribution in [2.75, 3.05) is 0 Å². The predicted octanol–water partition coefficient (Wildman–Crippen LogP) is 4.30. The summed E-state index contributed by atoms with van der Waals surface area (Å²) >= 11 is 5.93. The van der Waals surface area contributed by atoms with Crippen LogP contribution in [0.2, 0.25) is 5.02 Å². The maximum absolute atomic E-state index is 12.2. The van der Waals surface area contributed by atoms with Gasteiger partial charge < -0.3 is 4.74 Å². The summed E-state index contributed by atoms with van der Waals surface area (Å²) in [4.78, 5) is 12.2. The molecule has 0 aliphatic rings. The van der Waals surface area contributed by atoms with E-state index in [9.17, 15) is 4.79 Å². The van der Waals surface area contributed by atoms with Crippen LogP contribution in [0.1, 0.15) is 22.8 Å². The minimum Gasteiger partial charge on any atom is -0.482 e. The summed E-state index contributed by atoms with van der Waals surface area (Å²) in [6.07, 6.45) is -0.542. The molecule has 3 heteroatoms. The summed E-state index contributed by atoms with van der Waals surface area (Å²) in [7, 11) is 0. The molecule has 1 unspecified atom stereocenters. The van der Waals surface area contributed by atoms with Crippen molar-refractivity contribution in [2.24, 2.45) is 0 Å². The van der Waals surface area contributed by atoms with Crippen LogP contribution in [0, 0.1) is 6.92 Å². The number of aryl methyl sites for hydroxylation is 1. The molecule has 0 radical (unpaired) electrons. The molecule has 19 heavy (non-hydrogen) atoms. The largest absolute Gasteiger partial charge is 0.482 e. The van der Waals surface area contributed by atoms with Crippen LogP contribution in [0.15, 0.2) is 48.5 Å². The number of ketones is 1. The fourth-order valence-corrected chi connectivity index (χ4v) is 1.94. The highest BCUT2D eigenvalue weighted by atomic mass is 35.5. The zero-order valence-electron chi connectivity index (χ0n) is 10.9. The van der Waals surface area contributed by atoms with Crippen LogP contribution in [-0.2, 0) is 0 Å². The standard InChI is InChI=1S/C16H15ClO2/c1-11-8-9-14(17)10-15(11)19-12(2)16(18)13-6-4-3-5-7-13/h3-10,12H,1-2H3. The topological polar surface area (TPSA) is 26.3 Å². The molecule has 2 rings (SSSR count). The molecule has 0 fully saturated rings. The van der Waals surface area contributed by atoms with E-state index in [0.29, 0.717) is 16.3 Å². The highest BCUT2D eigenvalue weighted by molar-refractivity contribution is 6.30. The molecule has 2 nitrogen and oxygen atoms in total. The van der Waals surface area contributed by atoms with E-state index in [2.05, 4.69) is 0 Å². The van der Waals surface area contributed by atoms with E-state index in [1.165, 1.54) is 0 Å². The monoisotopic (exact) mass is 274 g/mol. The Morgan fingerprint density at radius 2 is 1.84 bits per heavy atom. The van der Waals surface area contributed by atoms with Crippen LogP contribution in [0.5, 0.6) is 5.75 Å². The van der Waals surface area contributed by atoms with Crippen molar-refractivity contribution < 1.29 is 9.53 Å². The van der Waals surface area contributed by atoms with Crippen molar-refractivity contribution >= 4 is 17.4 Å². The highest BCUT2D eigenvalue weighted by Gasteiger charge is 2.17. The van der Waals surface area contributed by atoms with Crippen LogP contribution >= 0.6 is 11.6 Å². The molecule has 0 bridgehead atoms. The molecule has 0 N–H and O–H groups in total. The molecule has 0 saturated heterocycles. The Labute approximate surface area is 118 Å². The molecule has 0 heterocycles. The van der Waals surface area contributed by atoms with Gasteiger partial charge in [-0.25, -0.2) is 0 Å².